The Hall–Kier alpha value is -2.77. The van der Waals surface area contributed by atoms with E-state index in [1.807, 2.05) is 29.2 Å². The number of urea groups is 1. The van der Waals surface area contributed by atoms with Crippen molar-refractivity contribution in [3.8, 4) is 5.75 Å². The highest BCUT2D eigenvalue weighted by Gasteiger charge is 2.22. The highest BCUT2D eigenvalue weighted by Crippen LogP contribution is 2.32. The maximum atomic E-state index is 12.9. The van der Waals surface area contributed by atoms with E-state index in [1.165, 1.54) is 5.56 Å². The van der Waals surface area contributed by atoms with Crippen molar-refractivity contribution >= 4 is 17.4 Å². The summed E-state index contributed by atoms with van der Waals surface area (Å²) in [7, 11) is 3.84. The Morgan fingerprint density at radius 3 is 2.32 bits per heavy atom. The molecule has 2 heterocycles. The number of piperazine rings is 2. The SMILES string of the molecule is COc1ccc(NC(=O)N2CCN(Cc3ccccc3)CC2)cc1N1CCN(C)CC1. The second-order valence-electron chi connectivity index (χ2n) is 8.36. The lowest BCUT2D eigenvalue weighted by atomic mass is 10.2. The van der Waals surface area contributed by atoms with E-state index in [-0.39, 0.29) is 6.03 Å². The molecule has 0 unspecified atom stereocenters. The van der Waals surface area contributed by atoms with E-state index in [0.717, 1.165) is 76.0 Å². The van der Waals surface area contributed by atoms with Crippen LogP contribution < -0.4 is 15.0 Å². The zero-order chi connectivity index (χ0) is 21.6. The van der Waals surface area contributed by atoms with Crippen molar-refractivity contribution < 1.29 is 9.53 Å². The second kappa shape index (κ2) is 10.0. The van der Waals surface area contributed by atoms with Crippen LogP contribution in [0.3, 0.4) is 0 Å². The minimum atomic E-state index is -0.0335. The minimum absolute atomic E-state index is 0.0335. The molecule has 166 valence electrons. The van der Waals surface area contributed by atoms with Crippen LogP contribution in [0.5, 0.6) is 5.75 Å². The van der Waals surface area contributed by atoms with Crippen molar-refractivity contribution in [1.82, 2.24) is 14.7 Å². The zero-order valence-electron chi connectivity index (χ0n) is 18.6. The van der Waals surface area contributed by atoms with Gasteiger partial charge in [0.15, 0.2) is 0 Å². The standard InChI is InChI=1S/C24H33N5O2/c1-26-10-14-28(15-11-26)22-18-21(8-9-23(22)31-2)25-24(30)29-16-12-27(13-17-29)19-20-6-4-3-5-7-20/h3-9,18H,10-17,19H2,1-2H3,(H,25,30). The Labute approximate surface area is 185 Å². The highest BCUT2D eigenvalue weighted by atomic mass is 16.5. The van der Waals surface area contributed by atoms with Gasteiger partial charge in [0, 0.05) is 64.6 Å². The van der Waals surface area contributed by atoms with Gasteiger partial charge in [0.1, 0.15) is 5.75 Å². The zero-order valence-corrected chi connectivity index (χ0v) is 18.6. The summed E-state index contributed by atoms with van der Waals surface area (Å²) in [6.07, 6.45) is 0. The first-order valence-corrected chi connectivity index (χ1v) is 11.1. The third kappa shape index (κ3) is 5.48. The number of methoxy groups -OCH3 is 1. The number of amides is 2. The number of carbonyl (C=O) groups excluding carboxylic acids is 1. The molecule has 2 amide bonds. The lowest BCUT2D eigenvalue weighted by molar-refractivity contribution is 0.143. The maximum Gasteiger partial charge on any atom is 0.321 e. The van der Waals surface area contributed by atoms with E-state index in [9.17, 15) is 4.79 Å². The van der Waals surface area contributed by atoms with Crippen LogP contribution in [0.25, 0.3) is 0 Å². The van der Waals surface area contributed by atoms with Gasteiger partial charge >= 0.3 is 6.03 Å². The summed E-state index contributed by atoms with van der Waals surface area (Å²) < 4.78 is 5.58. The van der Waals surface area contributed by atoms with Crippen LogP contribution in [0.4, 0.5) is 16.2 Å². The molecule has 1 N–H and O–H groups in total. The molecule has 2 aromatic carbocycles. The van der Waals surface area contributed by atoms with Gasteiger partial charge in [-0.15, -0.1) is 0 Å². The van der Waals surface area contributed by atoms with Gasteiger partial charge in [-0.3, -0.25) is 4.90 Å². The number of likely N-dealkylation sites (N-methyl/N-ethyl adjacent to an activating group) is 1. The normalized spacial score (nSPS) is 18.1. The van der Waals surface area contributed by atoms with Crippen LogP contribution in [-0.4, -0.2) is 87.2 Å². The molecular weight excluding hydrogens is 390 g/mol. The van der Waals surface area contributed by atoms with Crippen LogP contribution in [-0.2, 0) is 6.54 Å². The number of benzene rings is 2. The molecule has 0 atom stereocenters. The largest absolute Gasteiger partial charge is 0.495 e. The van der Waals surface area contributed by atoms with Crippen molar-refractivity contribution in [2.45, 2.75) is 6.54 Å². The van der Waals surface area contributed by atoms with Crippen molar-refractivity contribution in [3.05, 3.63) is 54.1 Å². The van der Waals surface area contributed by atoms with Gasteiger partial charge in [-0.05, 0) is 30.8 Å². The van der Waals surface area contributed by atoms with E-state index in [2.05, 4.69) is 51.3 Å². The third-order valence-corrected chi connectivity index (χ3v) is 6.18. The molecular formula is C24H33N5O2. The molecule has 2 fully saturated rings. The van der Waals surface area contributed by atoms with Crippen LogP contribution in [0, 0.1) is 0 Å². The van der Waals surface area contributed by atoms with Gasteiger partial charge in [0.25, 0.3) is 0 Å². The number of nitrogens with zero attached hydrogens (tertiary/aromatic N) is 4. The molecule has 4 rings (SSSR count). The van der Waals surface area contributed by atoms with Gasteiger partial charge in [-0.1, -0.05) is 30.3 Å². The molecule has 0 saturated carbocycles. The number of hydrogen-bond acceptors (Lipinski definition) is 5. The Bertz CT molecular complexity index is 860. The summed E-state index contributed by atoms with van der Waals surface area (Å²) >= 11 is 0. The van der Waals surface area contributed by atoms with E-state index < -0.39 is 0 Å². The maximum absolute atomic E-state index is 12.9. The Morgan fingerprint density at radius 1 is 0.935 bits per heavy atom. The third-order valence-electron chi connectivity index (χ3n) is 6.18. The summed E-state index contributed by atoms with van der Waals surface area (Å²) in [5, 5.41) is 3.09. The van der Waals surface area contributed by atoms with Crippen LogP contribution in [0.2, 0.25) is 0 Å². The van der Waals surface area contributed by atoms with Crippen molar-refractivity contribution in [1.29, 1.82) is 0 Å². The Kier molecular flexibility index (Phi) is 6.94. The van der Waals surface area contributed by atoms with Gasteiger partial charge < -0.3 is 24.8 Å². The topological polar surface area (TPSA) is 51.3 Å². The monoisotopic (exact) mass is 423 g/mol. The average molecular weight is 424 g/mol. The number of rotatable bonds is 5. The van der Waals surface area contributed by atoms with Gasteiger partial charge in [0.2, 0.25) is 0 Å². The van der Waals surface area contributed by atoms with Crippen LogP contribution >= 0.6 is 0 Å². The number of nitrogens with one attached hydrogen (secondary N) is 1. The average Bonchev–Trinajstić information content (AvgIpc) is 2.81. The summed E-state index contributed by atoms with van der Waals surface area (Å²) in [4.78, 5) is 21.8. The molecule has 31 heavy (non-hydrogen) atoms. The lowest BCUT2D eigenvalue weighted by Gasteiger charge is -2.35. The first-order chi connectivity index (χ1) is 15.1. The van der Waals surface area contributed by atoms with Crippen molar-refractivity contribution in [2.75, 3.05) is 76.7 Å². The quantitative estimate of drug-likeness (QED) is 0.802. The fourth-order valence-electron chi connectivity index (χ4n) is 4.22. The van der Waals surface area contributed by atoms with Crippen LogP contribution in [0.15, 0.2) is 48.5 Å². The van der Waals surface area contributed by atoms with Crippen molar-refractivity contribution in [2.24, 2.45) is 0 Å². The van der Waals surface area contributed by atoms with Gasteiger partial charge in [-0.2, -0.15) is 0 Å². The fraction of sp³-hybridized carbons (Fsp3) is 0.458. The molecule has 0 radical (unpaired) electrons. The Balaban J connectivity index is 1.34. The summed E-state index contributed by atoms with van der Waals surface area (Å²) in [6, 6.07) is 16.4. The minimum Gasteiger partial charge on any atom is -0.495 e. The van der Waals surface area contributed by atoms with Gasteiger partial charge in [0.05, 0.1) is 12.8 Å². The Morgan fingerprint density at radius 2 is 1.65 bits per heavy atom. The van der Waals surface area contributed by atoms with E-state index in [4.69, 9.17) is 4.74 Å². The van der Waals surface area contributed by atoms with Crippen LogP contribution in [0.1, 0.15) is 5.56 Å². The number of hydrogen-bond donors (Lipinski definition) is 1. The van der Waals surface area contributed by atoms with E-state index >= 15 is 0 Å². The molecule has 2 aliphatic rings. The molecule has 7 nitrogen and oxygen atoms in total. The number of anilines is 2. The molecule has 7 heteroatoms. The molecule has 0 aliphatic carbocycles. The fourth-order valence-corrected chi connectivity index (χ4v) is 4.22. The first-order valence-electron chi connectivity index (χ1n) is 11.1. The molecule has 2 aromatic rings. The molecule has 2 aliphatic heterocycles. The van der Waals surface area contributed by atoms with E-state index in [1.54, 1.807) is 7.11 Å². The molecule has 0 spiro atoms. The molecule has 0 bridgehead atoms. The smallest absolute Gasteiger partial charge is 0.321 e. The van der Waals surface area contributed by atoms with Gasteiger partial charge in [-0.25, -0.2) is 4.79 Å². The molecule has 2 saturated heterocycles. The predicted molar refractivity (Wildman–Crippen MR) is 125 cm³/mol. The van der Waals surface area contributed by atoms with Crippen molar-refractivity contribution in [3.63, 3.8) is 0 Å². The predicted octanol–water partition coefficient (Wildman–Crippen LogP) is 2.80. The number of carbonyl (C=O) groups is 1. The van der Waals surface area contributed by atoms with E-state index in [0.29, 0.717) is 0 Å². The molecule has 0 aromatic heterocycles. The number of ether oxygens (including phenoxy) is 1. The summed E-state index contributed by atoms with van der Waals surface area (Å²) in [5.41, 5.74) is 3.17. The second-order valence-corrected chi connectivity index (χ2v) is 8.36. The first kappa shape index (κ1) is 21.5. The summed E-state index contributed by atoms with van der Waals surface area (Å²) in [6.45, 7) is 8.12. The lowest BCUT2D eigenvalue weighted by Crippen LogP contribution is -2.49. The highest BCUT2D eigenvalue weighted by molar-refractivity contribution is 5.90. The summed E-state index contributed by atoms with van der Waals surface area (Å²) in [5.74, 6) is 0.845.